The summed E-state index contributed by atoms with van der Waals surface area (Å²) in [5, 5.41) is 0. The second-order valence-corrected chi connectivity index (χ2v) is 3.83. The van der Waals surface area contributed by atoms with Crippen molar-refractivity contribution in [2.45, 2.75) is 6.92 Å². The summed E-state index contributed by atoms with van der Waals surface area (Å²) in [6.45, 7) is 2.00. The molecule has 0 aliphatic carbocycles. The van der Waals surface area contributed by atoms with Crippen molar-refractivity contribution >= 4 is 5.82 Å². The number of rotatable bonds is 3. The fourth-order valence-electron chi connectivity index (χ4n) is 1.67. The molecule has 0 atom stereocenters. The highest BCUT2D eigenvalue weighted by atomic mass is 16.5. The summed E-state index contributed by atoms with van der Waals surface area (Å²) in [6.07, 6.45) is 1.62. The van der Waals surface area contributed by atoms with Gasteiger partial charge in [0.15, 0.2) is 5.82 Å². The Morgan fingerprint density at radius 3 is 2.61 bits per heavy atom. The topological polar surface area (TPSA) is 70.3 Å². The van der Waals surface area contributed by atoms with Crippen LogP contribution in [0.5, 0.6) is 11.6 Å². The van der Waals surface area contributed by atoms with Gasteiger partial charge in [-0.05, 0) is 24.6 Å². The normalized spacial score (nSPS) is 10.2. The number of nitrogens with zero attached hydrogens (tertiary/aromatic N) is 2. The van der Waals surface area contributed by atoms with Gasteiger partial charge in [0.2, 0.25) is 0 Å². The quantitative estimate of drug-likeness (QED) is 0.896. The molecule has 0 spiro atoms. The Morgan fingerprint density at radius 2 is 1.94 bits per heavy atom. The second kappa shape index (κ2) is 4.91. The predicted molar refractivity (Wildman–Crippen MR) is 69.7 cm³/mol. The maximum Gasteiger partial charge on any atom is 0.257 e. The van der Waals surface area contributed by atoms with E-state index in [2.05, 4.69) is 9.97 Å². The highest BCUT2D eigenvalue weighted by Crippen LogP contribution is 2.28. The van der Waals surface area contributed by atoms with Gasteiger partial charge in [-0.25, -0.2) is 9.97 Å². The molecular formula is C13H15N3O2. The van der Waals surface area contributed by atoms with Crippen LogP contribution in [0.3, 0.4) is 0 Å². The smallest absolute Gasteiger partial charge is 0.257 e. The molecule has 1 aromatic carbocycles. The van der Waals surface area contributed by atoms with Gasteiger partial charge in [0.1, 0.15) is 5.75 Å². The van der Waals surface area contributed by atoms with Gasteiger partial charge < -0.3 is 15.2 Å². The number of aromatic nitrogens is 2. The van der Waals surface area contributed by atoms with Crippen molar-refractivity contribution in [1.29, 1.82) is 0 Å². The Hall–Kier alpha value is -2.30. The van der Waals surface area contributed by atoms with E-state index in [-0.39, 0.29) is 5.82 Å². The van der Waals surface area contributed by atoms with Crippen LogP contribution in [0.2, 0.25) is 0 Å². The molecule has 2 N–H and O–H groups in total. The van der Waals surface area contributed by atoms with Crippen molar-refractivity contribution in [3.05, 3.63) is 30.0 Å². The largest absolute Gasteiger partial charge is 0.497 e. The number of anilines is 1. The summed E-state index contributed by atoms with van der Waals surface area (Å²) < 4.78 is 10.3. The maximum atomic E-state index is 5.65. The number of nitrogen functional groups attached to an aromatic ring is 1. The molecule has 0 bridgehead atoms. The molecule has 5 nitrogen and oxygen atoms in total. The van der Waals surface area contributed by atoms with E-state index in [4.69, 9.17) is 15.2 Å². The van der Waals surface area contributed by atoms with Crippen LogP contribution in [0.1, 0.15) is 5.56 Å². The SMILES string of the molecule is COc1ccc(C)c(-c2cnc(N)c(OC)n2)c1. The zero-order valence-corrected chi connectivity index (χ0v) is 10.6. The summed E-state index contributed by atoms with van der Waals surface area (Å²) in [5.74, 6) is 1.38. The van der Waals surface area contributed by atoms with Gasteiger partial charge in [-0.1, -0.05) is 6.07 Å². The lowest BCUT2D eigenvalue weighted by molar-refractivity contribution is 0.399. The Bertz CT molecular complexity index is 570. The van der Waals surface area contributed by atoms with E-state index in [0.29, 0.717) is 11.6 Å². The molecule has 0 radical (unpaired) electrons. The van der Waals surface area contributed by atoms with Crippen LogP contribution < -0.4 is 15.2 Å². The Labute approximate surface area is 106 Å². The van der Waals surface area contributed by atoms with Crippen molar-refractivity contribution in [3.63, 3.8) is 0 Å². The minimum absolute atomic E-state index is 0.279. The molecule has 5 heteroatoms. The van der Waals surface area contributed by atoms with E-state index in [0.717, 1.165) is 16.9 Å². The highest BCUT2D eigenvalue weighted by molar-refractivity contribution is 5.66. The van der Waals surface area contributed by atoms with Crippen LogP contribution in [0.4, 0.5) is 5.82 Å². The van der Waals surface area contributed by atoms with Crippen molar-refractivity contribution in [1.82, 2.24) is 9.97 Å². The number of aryl methyl sites for hydroxylation is 1. The lowest BCUT2D eigenvalue weighted by Crippen LogP contribution is -2.00. The number of hydrogen-bond acceptors (Lipinski definition) is 5. The average molecular weight is 245 g/mol. The summed E-state index contributed by atoms with van der Waals surface area (Å²) in [6, 6.07) is 5.79. The molecule has 0 saturated heterocycles. The number of methoxy groups -OCH3 is 2. The van der Waals surface area contributed by atoms with Crippen LogP contribution in [0.15, 0.2) is 24.4 Å². The fraction of sp³-hybridized carbons (Fsp3) is 0.231. The molecule has 2 rings (SSSR count). The van der Waals surface area contributed by atoms with Crippen LogP contribution in [-0.2, 0) is 0 Å². The van der Waals surface area contributed by atoms with E-state index >= 15 is 0 Å². The van der Waals surface area contributed by atoms with Gasteiger partial charge in [0, 0.05) is 5.56 Å². The van der Waals surface area contributed by atoms with Gasteiger partial charge in [-0.2, -0.15) is 0 Å². The third-order valence-electron chi connectivity index (χ3n) is 2.68. The van der Waals surface area contributed by atoms with Gasteiger partial charge in [0.25, 0.3) is 5.88 Å². The Morgan fingerprint density at radius 1 is 1.17 bits per heavy atom. The fourth-order valence-corrected chi connectivity index (χ4v) is 1.67. The minimum atomic E-state index is 0.279. The van der Waals surface area contributed by atoms with Crippen molar-refractivity contribution in [3.8, 4) is 22.9 Å². The van der Waals surface area contributed by atoms with E-state index in [1.54, 1.807) is 13.3 Å². The first-order chi connectivity index (χ1) is 8.65. The third-order valence-corrected chi connectivity index (χ3v) is 2.68. The molecule has 0 aliphatic heterocycles. The van der Waals surface area contributed by atoms with Crippen LogP contribution in [0, 0.1) is 6.92 Å². The first kappa shape index (κ1) is 12.2. The summed E-state index contributed by atoms with van der Waals surface area (Å²) in [7, 11) is 3.15. The molecule has 0 fully saturated rings. The Kier molecular flexibility index (Phi) is 3.32. The number of hydrogen-bond donors (Lipinski definition) is 1. The molecule has 2 aromatic rings. The second-order valence-electron chi connectivity index (χ2n) is 3.83. The predicted octanol–water partition coefficient (Wildman–Crippen LogP) is 2.05. The lowest BCUT2D eigenvalue weighted by Gasteiger charge is -2.09. The van der Waals surface area contributed by atoms with Crippen LogP contribution in [-0.4, -0.2) is 24.2 Å². The monoisotopic (exact) mass is 245 g/mol. The van der Waals surface area contributed by atoms with Crippen molar-refractivity contribution in [2.24, 2.45) is 0 Å². The molecule has 1 aromatic heterocycles. The highest BCUT2D eigenvalue weighted by Gasteiger charge is 2.09. The average Bonchev–Trinajstić information content (AvgIpc) is 2.40. The zero-order valence-electron chi connectivity index (χ0n) is 10.6. The number of nitrogens with two attached hydrogens (primary N) is 1. The maximum absolute atomic E-state index is 5.65. The molecule has 0 unspecified atom stereocenters. The third kappa shape index (κ3) is 2.20. The molecular weight excluding hydrogens is 230 g/mol. The summed E-state index contributed by atoms with van der Waals surface area (Å²) >= 11 is 0. The van der Waals surface area contributed by atoms with E-state index in [1.165, 1.54) is 7.11 Å². The molecule has 94 valence electrons. The number of ether oxygens (including phenoxy) is 2. The first-order valence-electron chi connectivity index (χ1n) is 5.47. The Balaban J connectivity index is 2.54. The van der Waals surface area contributed by atoms with E-state index < -0.39 is 0 Å². The molecule has 0 saturated carbocycles. The summed E-state index contributed by atoms with van der Waals surface area (Å²) in [4.78, 5) is 8.40. The lowest BCUT2D eigenvalue weighted by atomic mass is 10.1. The summed E-state index contributed by atoms with van der Waals surface area (Å²) in [5.41, 5.74) is 8.38. The minimum Gasteiger partial charge on any atom is -0.497 e. The standard InChI is InChI=1S/C13H15N3O2/c1-8-4-5-9(17-2)6-10(8)11-7-15-12(14)13(16-11)18-3/h4-7H,1-3H3,(H2,14,15). The number of benzene rings is 1. The van der Waals surface area contributed by atoms with Crippen LogP contribution in [0.25, 0.3) is 11.3 Å². The van der Waals surface area contributed by atoms with Crippen molar-refractivity contribution < 1.29 is 9.47 Å². The van der Waals surface area contributed by atoms with Crippen LogP contribution >= 0.6 is 0 Å². The molecule has 0 amide bonds. The van der Waals surface area contributed by atoms with Crippen molar-refractivity contribution in [2.75, 3.05) is 20.0 Å². The molecule has 0 aliphatic rings. The van der Waals surface area contributed by atoms with Gasteiger partial charge in [0.05, 0.1) is 26.1 Å². The van der Waals surface area contributed by atoms with Gasteiger partial charge in [-0.3, -0.25) is 0 Å². The first-order valence-corrected chi connectivity index (χ1v) is 5.47. The molecule has 18 heavy (non-hydrogen) atoms. The van der Waals surface area contributed by atoms with E-state index in [1.807, 2.05) is 25.1 Å². The van der Waals surface area contributed by atoms with Gasteiger partial charge in [-0.15, -0.1) is 0 Å². The van der Waals surface area contributed by atoms with E-state index in [9.17, 15) is 0 Å². The molecule has 1 heterocycles. The zero-order chi connectivity index (χ0) is 13.1. The van der Waals surface area contributed by atoms with Gasteiger partial charge >= 0.3 is 0 Å².